The van der Waals surface area contributed by atoms with E-state index in [1.165, 1.54) is 68.1 Å². The normalized spacial score (nSPS) is 27.4. The van der Waals surface area contributed by atoms with Crippen LogP contribution in [0, 0.1) is 11.8 Å². The summed E-state index contributed by atoms with van der Waals surface area (Å²) in [5.74, 6) is 2.57. The van der Waals surface area contributed by atoms with Crippen molar-refractivity contribution in [1.82, 2.24) is 0 Å². The molecule has 30 heavy (non-hydrogen) atoms. The molecule has 2 aromatic rings. The van der Waals surface area contributed by atoms with Crippen molar-refractivity contribution in [2.24, 2.45) is 11.8 Å². The molecule has 2 aliphatic carbocycles. The second-order valence-corrected chi connectivity index (χ2v) is 10.1. The summed E-state index contributed by atoms with van der Waals surface area (Å²) < 4.78 is 7.04. The van der Waals surface area contributed by atoms with Gasteiger partial charge in [-0.3, -0.25) is 0 Å². The molecule has 0 aromatic heterocycles. The predicted octanol–water partition coefficient (Wildman–Crippen LogP) is 8.72. The Morgan fingerprint density at radius 1 is 0.767 bits per heavy atom. The van der Waals surface area contributed by atoms with Crippen LogP contribution in [0.15, 0.2) is 64.6 Å². The van der Waals surface area contributed by atoms with Gasteiger partial charge in [-0.15, -0.1) is 0 Å². The maximum absolute atomic E-state index is 5.91. The Morgan fingerprint density at radius 2 is 1.30 bits per heavy atom. The molecule has 0 aliphatic heterocycles. The molecule has 0 atom stereocenters. The summed E-state index contributed by atoms with van der Waals surface area (Å²) in [4.78, 5) is 0. The molecule has 2 saturated carbocycles. The summed E-state index contributed by atoms with van der Waals surface area (Å²) in [6.45, 7) is 0.657. The van der Waals surface area contributed by atoms with Crippen molar-refractivity contribution in [3.63, 3.8) is 0 Å². The molecule has 2 aliphatic rings. The maximum Gasteiger partial charge on any atom is 0.0662 e. The van der Waals surface area contributed by atoms with Crippen LogP contribution in [0.2, 0.25) is 0 Å². The highest BCUT2D eigenvalue weighted by Crippen LogP contribution is 2.43. The molecule has 0 heterocycles. The number of ether oxygens (including phenoxy) is 1. The van der Waals surface area contributed by atoms with Crippen LogP contribution in [0.1, 0.15) is 62.8 Å². The van der Waals surface area contributed by atoms with Crippen LogP contribution in [0.4, 0.5) is 0 Å². The highest BCUT2D eigenvalue weighted by molar-refractivity contribution is 9.10. The van der Waals surface area contributed by atoms with Gasteiger partial charge in [-0.2, -0.15) is 0 Å². The standard InChI is InChI=1S/C27H32BrClO/c28-26-14-10-24(11-15-26)22-6-2-20(3-7-22)21-4-8-23(9-5-21)25-12-16-27(17-13-25)30-19-1-18-29/h1-3,6-7,10-11,14-15,18,21,23,25,27H,4-5,8-9,12-13,16-17,19H2/b18-1+. The summed E-state index contributed by atoms with van der Waals surface area (Å²) >= 11 is 9.10. The van der Waals surface area contributed by atoms with E-state index < -0.39 is 0 Å². The van der Waals surface area contributed by atoms with Gasteiger partial charge in [-0.1, -0.05) is 63.9 Å². The van der Waals surface area contributed by atoms with Crippen LogP contribution in [0.3, 0.4) is 0 Å². The topological polar surface area (TPSA) is 9.23 Å². The molecule has 160 valence electrons. The Labute approximate surface area is 195 Å². The van der Waals surface area contributed by atoms with E-state index in [9.17, 15) is 0 Å². The van der Waals surface area contributed by atoms with Gasteiger partial charge in [0.1, 0.15) is 0 Å². The van der Waals surface area contributed by atoms with Crippen LogP contribution >= 0.6 is 27.5 Å². The van der Waals surface area contributed by atoms with Gasteiger partial charge >= 0.3 is 0 Å². The van der Waals surface area contributed by atoms with Gasteiger partial charge in [-0.25, -0.2) is 0 Å². The fraction of sp³-hybridized carbons (Fsp3) is 0.481. The highest BCUT2D eigenvalue weighted by Gasteiger charge is 2.31. The SMILES string of the molecule is Cl/C=C/COC1CCC(C2CCC(c3ccc(-c4ccc(Br)cc4)cc3)CC2)CC1. The third-order valence-corrected chi connectivity index (χ3v) is 7.94. The summed E-state index contributed by atoms with van der Waals surface area (Å²) in [6.07, 6.45) is 12.9. The Hall–Kier alpha value is -1.09. The first-order chi connectivity index (χ1) is 14.7. The van der Waals surface area contributed by atoms with Crippen molar-refractivity contribution in [1.29, 1.82) is 0 Å². The van der Waals surface area contributed by atoms with Gasteiger partial charge in [0.2, 0.25) is 0 Å². The van der Waals surface area contributed by atoms with Gasteiger partial charge in [0.15, 0.2) is 0 Å². The zero-order chi connectivity index (χ0) is 20.8. The Bertz CT molecular complexity index is 798. The molecular formula is C27H32BrClO. The average molecular weight is 488 g/mol. The predicted molar refractivity (Wildman–Crippen MR) is 131 cm³/mol. The summed E-state index contributed by atoms with van der Waals surface area (Å²) in [5, 5.41) is 0. The van der Waals surface area contributed by atoms with E-state index in [1.807, 2.05) is 6.08 Å². The van der Waals surface area contributed by atoms with E-state index in [2.05, 4.69) is 64.5 Å². The second-order valence-electron chi connectivity index (χ2n) is 8.97. The molecule has 0 unspecified atom stereocenters. The lowest BCUT2D eigenvalue weighted by Crippen LogP contribution is -2.28. The third-order valence-electron chi connectivity index (χ3n) is 7.23. The smallest absolute Gasteiger partial charge is 0.0662 e. The van der Waals surface area contributed by atoms with Gasteiger partial charge in [0.05, 0.1) is 12.7 Å². The molecular weight excluding hydrogens is 456 g/mol. The third kappa shape index (κ3) is 5.78. The molecule has 0 amide bonds. The molecule has 0 saturated heterocycles. The van der Waals surface area contributed by atoms with Gasteiger partial charge in [0, 0.05) is 10.0 Å². The van der Waals surface area contributed by atoms with Crippen LogP contribution in [-0.4, -0.2) is 12.7 Å². The molecule has 0 spiro atoms. The summed E-state index contributed by atoms with van der Waals surface area (Å²) in [6, 6.07) is 17.9. The van der Waals surface area contributed by atoms with Crippen LogP contribution in [0.25, 0.3) is 11.1 Å². The Kier molecular flexibility index (Phi) is 8.09. The summed E-state index contributed by atoms with van der Waals surface area (Å²) in [5.41, 5.74) is 5.67. The van der Waals surface area contributed by atoms with Crippen molar-refractivity contribution in [3.05, 3.63) is 70.2 Å². The van der Waals surface area contributed by atoms with Crippen LogP contribution in [0.5, 0.6) is 0 Å². The first kappa shape index (κ1) is 22.1. The molecule has 0 N–H and O–H groups in total. The largest absolute Gasteiger partial charge is 0.374 e. The monoisotopic (exact) mass is 486 g/mol. The number of hydrogen-bond acceptors (Lipinski definition) is 1. The second kappa shape index (κ2) is 11.0. The zero-order valence-corrected chi connectivity index (χ0v) is 20.0. The van der Waals surface area contributed by atoms with Crippen molar-refractivity contribution < 1.29 is 4.74 Å². The molecule has 0 bridgehead atoms. The summed E-state index contributed by atoms with van der Waals surface area (Å²) in [7, 11) is 0. The molecule has 4 rings (SSSR count). The highest BCUT2D eigenvalue weighted by atomic mass is 79.9. The molecule has 1 nitrogen and oxygen atoms in total. The number of rotatable bonds is 6. The lowest BCUT2D eigenvalue weighted by Gasteiger charge is -2.38. The Balaban J connectivity index is 1.25. The van der Waals surface area contributed by atoms with Crippen LogP contribution in [-0.2, 0) is 4.74 Å². The minimum atomic E-state index is 0.440. The van der Waals surface area contributed by atoms with Gasteiger partial charge in [0.25, 0.3) is 0 Å². The fourth-order valence-corrected chi connectivity index (χ4v) is 5.81. The zero-order valence-electron chi connectivity index (χ0n) is 17.6. The Morgan fingerprint density at radius 3 is 1.87 bits per heavy atom. The van der Waals surface area contributed by atoms with E-state index >= 15 is 0 Å². The average Bonchev–Trinajstić information content (AvgIpc) is 2.81. The van der Waals surface area contributed by atoms with E-state index in [1.54, 1.807) is 5.54 Å². The van der Waals surface area contributed by atoms with Gasteiger partial charge in [-0.05, 0) is 104 Å². The van der Waals surface area contributed by atoms with E-state index in [0.717, 1.165) is 22.2 Å². The molecule has 0 radical (unpaired) electrons. The number of halogens is 2. The minimum Gasteiger partial charge on any atom is -0.374 e. The number of hydrogen-bond donors (Lipinski definition) is 0. The van der Waals surface area contributed by atoms with Crippen molar-refractivity contribution >= 4 is 27.5 Å². The van der Waals surface area contributed by atoms with Crippen molar-refractivity contribution in [2.45, 2.75) is 63.4 Å². The minimum absolute atomic E-state index is 0.440. The van der Waals surface area contributed by atoms with Gasteiger partial charge < -0.3 is 4.74 Å². The quantitative estimate of drug-likeness (QED) is 0.396. The number of benzene rings is 2. The van der Waals surface area contributed by atoms with E-state index in [0.29, 0.717) is 12.7 Å². The lowest BCUT2D eigenvalue weighted by molar-refractivity contribution is 0.0223. The van der Waals surface area contributed by atoms with E-state index in [-0.39, 0.29) is 0 Å². The van der Waals surface area contributed by atoms with E-state index in [4.69, 9.17) is 16.3 Å². The first-order valence-corrected chi connectivity index (χ1v) is 12.7. The maximum atomic E-state index is 5.91. The molecule has 2 aromatic carbocycles. The van der Waals surface area contributed by atoms with Crippen molar-refractivity contribution in [2.75, 3.05) is 6.61 Å². The van der Waals surface area contributed by atoms with Crippen LogP contribution < -0.4 is 0 Å². The fourth-order valence-electron chi connectivity index (χ4n) is 5.47. The lowest BCUT2D eigenvalue weighted by atomic mass is 9.69. The first-order valence-electron chi connectivity index (χ1n) is 11.5. The molecule has 3 heteroatoms. The van der Waals surface area contributed by atoms with Crippen molar-refractivity contribution in [3.8, 4) is 11.1 Å². The molecule has 2 fully saturated rings.